The van der Waals surface area contributed by atoms with Gasteiger partial charge in [-0.2, -0.15) is 0 Å². The third-order valence-corrected chi connectivity index (χ3v) is 5.79. The van der Waals surface area contributed by atoms with Crippen molar-refractivity contribution in [2.75, 3.05) is 20.3 Å². The zero-order valence-electron chi connectivity index (χ0n) is 16.7. The molecule has 0 aliphatic heterocycles. The van der Waals surface area contributed by atoms with Gasteiger partial charge >= 0.3 is 0 Å². The molecule has 25 heavy (non-hydrogen) atoms. The van der Waals surface area contributed by atoms with E-state index in [0.29, 0.717) is 12.5 Å². The predicted octanol–water partition coefficient (Wildman–Crippen LogP) is 5.82. The monoisotopic (exact) mass is 364 g/mol. The summed E-state index contributed by atoms with van der Waals surface area (Å²) in [4.78, 5) is 0. The molecule has 1 fully saturated rings. The van der Waals surface area contributed by atoms with E-state index in [9.17, 15) is 0 Å². The maximum atomic E-state index is 6.49. The van der Waals surface area contributed by atoms with Crippen molar-refractivity contribution in [2.24, 2.45) is 11.8 Å². The van der Waals surface area contributed by atoms with Crippen molar-refractivity contribution in [1.82, 2.24) is 0 Å². The lowest BCUT2D eigenvalue weighted by Crippen LogP contribution is -2.32. The second kappa shape index (κ2) is 9.74. The number of ether oxygens (including phenoxy) is 2. The Hall–Kier alpha value is -0.843. The number of methoxy groups -OCH3 is 1. The van der Waals surface area contributed by atoms with Gasteiger partial charge in [0, 0.05) is 13.0 Å². The molecule has 0 amide bonds. The summed E-state index contributed by atoms with van der Waals surface area (Å²) in [6.07, 6.45) is 6.78. The highest BCUT2D eigenvalue weighted by molar-refractivity contribution is 6.69. The minimum Gasteiger partial charge on any atom is -0.493 e. The van der Waals surface area contributed by atoms with E-state index in [-0.39, 0.29) is 6.10 Å². The normalized spacial score (nSPS) is 18.8. The van der Waals surface area contributed by atoms with E-state index in [1.165, 1.54) is 37.7 Å². The van der Waals surface area contributed by atoms with Crippen LogP contribution in [0.1, 0.15) is 50.7 Å². The van der Waals surface area contributed by atoms with Gasteiger partial charge in [-0.1, -0.05) is 38.3 Å². The fraction of sp³-hybridized carbons (Fsp3) is 0.714. The van der Waals surface area contributed by atoms with Crippen LogP contribution in [0.3, 0.4) is 0 Å². The molecule has 1 saturated carbocycles. The fourth-order valence-electron chi connectivity index (χ4n) is 3.59. The maximum absolute atomic E-state index is 6.49. The van der Waals surface area contributed by atoms with E-state index in [4.69, 9.17) is 13.9 Å². The van der Waals surface area contributed by atoms with Gasteiger partial charge in [0.2, 0.25) is 0 Å². The molecule has 0 aromatic heterocycles. The van der Waals surface area contributed by atoms with Gasteiger partial charge in [0.25, 0.3) is 0 Å². The van der Waals surface area contributed by atoms with Crippen LogP contribution in [0.2, 0.25) is 19.6 Å². The van der Waals surface area contributed by atoms with Gasteiger partial charge in [-0.25, -0.2) is 0 Å². The van der Waals surface area contributed by atoms with E-state index in [0.717, 1.165) is 18.3 Å². The third kappa shape index (κ3) is 7.12. The molecule has 2 rings (SSSR count). The number of benzene rings is 1. The summed E-state index contributed by atoms with van der Waals surface area (Å²) in [6, 6.07) is 8.48. The maximum Gasteiger partial charge on any atom is 0.184 e. The van der Waals surface area contributed by atoms with Gasteiger partial charge in [0.1, 0.15) is 5.75 Å². The quantitative estimate of drug-likeness (QED) is 0.517. The summed E-state index contributed by atoms with van der Waals surface area (Å²) in [5.41, 5.74) is 1.20. The second-order valence-corrected chi connectivity index (χ2v) is 12.9. The minimum atomic E-state index is -1.65. The van der Waals surface area contributed by atoms with Crippen LogP contribution in [-0.4, -0.2) is 28.6 Å². The van der Waals surface area contributed by atoms with Crippen molar-refractivity contribution < 1.29 is 13.9 Å². The lowest BCUT2D eigenvalue weighted by atomic mass is 9.90. The van der Waals surface area contributed by atoms with Gasteiger partial charge in [0.05, 0.1) is 19.3 Å². The molecule has 4 heteroatoms. The van der Waals surface area contributed by atoms with Crippen LogP contribution >= 0.6 is 0 Å². The summed E-state index contributed by atoms with van der Waals surface area (Å²) in [5, 5.41) is 0. The summed E-state index contributed by atoms with van der Waals surface area (Å²) >= 11 is 0. The summed E-state index contributed by atoms with van der Waals surface area (Å²) in [6.45, 7) is 10.5. The SMILES string of the molecule is COC[C@H](C)[C@H](O[Si](C)(C)C)c1cccc(OCC2CCCCC2)c1. The average molecular weight is 365 g/mol. The molecule has 0 heterocycles. The van der Waals surface area contributed by atoms with E-state index >= 15 is 0 Å². The summed E-state index contributed by atoms with van der Waals surface area (Å²) < 4.78 is 18.0. The molecule has 0 radical (unpaired) electrons. The van der Waals surface area contributed by atoms with Crippen LogP contribution in [0.15, 0.2) is 24.3 Å². The van der Waals surface area contributed by atoms with Gasteiger partial charge in [0.15, 0.2) is 8.32 Å². The van der Waals surface area contributed by atoms with Crippen LogP contribution in [0.4, 0.5) is 0 Å². The molecule has 1 aromatic carbocycles. The Morgan fingerprint density at radius 3 is 2.48 bits per heavy atom. The molecule has 3 nitrogen and oxygen atoms in total. The highest BCUT2D eigenvalue weighted by atomic mass is 28.4. The topological polar surface area (TPSA) is 27.7 Å². The van der Waals surface area contributed by atoms with Gasteiger partial charge in [-0.15, -0.1) is 0 Å². The molecule has 0 N–H and O–H groups in total. The molecule has 0 saturated heterocycles. The fourth-order valence-corrected chi connectivity index (χ4v) is 4.72. The molecule has 1 aliphatic carbocycles. The smallest absolute Gasteiger partial charge is 0.184 e. The zero-order chi connectivity index (χ0) is 18.3. The number of rotatable bonds is 9. The molecule has 2 atom stereocenters. The van der Waals surface area contributed by atoms with Crippen molar-refractivity contribution in [3.8, 4) is 5.75 Å². The van der Waals surface area contributed by atoms with E-state index in [2.05, 4.69) is 50.8 Å². The van der Waals surface area contributed by atoms with Crippen molar-refractivity contribution in [3.05, 3.63) is 29.8 Å². The Labute approximate surface area is 155 Å². The molecular weight excluding hydrogens is 328 g/mol. The Morgan fingerprint density at radius 2 is 1.84 bits per heavy atom. The van der Waals surface area contributed by atoms with Gasteiger partial charge < -0.3 is 13.9 Å². The first-order valence-corrected chi connectivity index (χ1v) is 13.2. The standard InChI is InChI=1S/C21H36O3Si/c1-17(15-22-2)21(24-25(3,4)5)19-12-9-13-20(14-19)23-16-18-10-7-6-8-11-18/h9,12-14,17-18,21H,6-8,10-11,15-16H2,1-5H3/t17-,21-/m0/s1. The van der Waals surface area contributed by atoms with Crippen molar-refractivity contribution in [2.45, 2.75) is 64.8 Å². The Balaban J connectivity index is 2.06. The lowest BCUT2D eigenvalue weighted by Gasteiger charge is -2.31. The molecule has 0 bridgehead atoms. The summed E-state index contributed by atoms with van der Waals surface area (Å²) in [5.74, 6) is 2.00. The minimum absolute atomic E-state index is 0.0600. The van der Waals surface area contributed by atoms with Crippen molar-refractivity contribution >= 4 is 8.32 Å². The Bertz CT molecular complexity index is 506. The average Bonchev–Trinajstić information content (AvgIpc) is 2.58. The van der Waals surface area contributed by atoms with Crippen molar-refractivity contribution in [1.29, 1.82) is 0 Å². The highest BCUT2D eigenvalue weighted by Gasteiger charge is 2.27. The molecule has 1 aliphatic rings. The molecule has 0 spiro atoms. The highest BCUT2D eigenvalue weighted by Crippen LogP contribution is 2.32. The van der Waals surface area contributed by atoms with Crippen LogP contribution in [-0.2, 0) is 9.16 Å². The predicted molar refractivity (Wildman–Crippen MR) is 107 cm³/mol. The van der Waals surface area contributed by atoms with Crippen LogP contribution in [0.25, 0.3) is 0 Å². The van der Waals surface area contributed by atoms with Crippen LogP contribution in [0, 0.1) is 11.8 Å². The first kappa shape index (κ1) is 20.5. The van der Waals surface area contributed by atoms with Crippen LogP contribution < -0.4 is 4.74 Å². The number of hydrogen-bond donors (Lipinski definition) is 0. The first-order valence-electron chi connectivity index (χ1n) is 9.78. The van der Waals surface area contributed by atoms with Crippen molar-refractivity contribution in [3.63, 3.8) is 0 Å². The molecule has 0 unspecified atom stereocenters. The first-order chi connectivity index (χ1) is 11.9. The van der Waals surface area contributed by atoms with E-state index < -0.39 is 8.32 Å². The Kier molecular flexibility index (Phi) is 7.98. The lowest BCUT2D eigenvalue weighted by molar-refractivity contribution is 0.0677. The van der Waals surface area contributed by atoms with Gasteiger partial charge in [-0.05, 0) is 56.1 Å². The molecule has 1 aromatic rings. The van der Waals surface area contributed by atoms with E-state index in [1.54, 1.807) is 7.11 Å². The molecular formula is C21H36O3Si. The summed E-state index contributed by atoms with van der Waals surface area (Å²) in [7, 11) is 0.102. The zero-order valence-corrected chi connectivity index (χ0v) is 17.7. The van der Waals surface area contributed by atoms with Crippen LogP contribution in [0.5, 0.6) is 5.75 Å². The third-order valence-electron chi connectivity index (χ3n) is 4.82. The van der Waals surface area contributed by atoms with E-state index in [1.807, 2.05) is 0 Å². The largest absolute Gasteiger partial charge is 0.493 e. The second-order valence-electron chi connectivity index (χ2n) is 8.47. The number of hydrogen-bond acceptors (Lipinski definition) is 3. The Morgan fingerprint density at radius 1 is 1.12 bits per heavy atom. The molecule has 142 valence electrons. The van der Waals surface area contributed by atoms with Gasteiger partial charge in [-0.3, -0.25) is 0 Å².